The van der Waals surface area contributed by atoms with Crippen molar-refractivity contribution in [3.05, 3.63) is 35.4 Å². The quantitative estimate of drug-likeness (QED) is 0.756. The zero-order valence-corrected chi connectivity index (χ0v) is 12.7. The van der Waals surface area contributed by atoms with Crippen LogP contribution in [0, 0.1) is 5.92 Å². The Morgan fingerprint density at radius 3 is 2.67 bits per heavy atom. The number of carbonyl (C=O) groups is 2. The molecule has 0 spiro atoms. The van der Waals surface area contributed by atoms with Gasteiger partial charge < -0.3 is 16.8 Å². The van der Waals surface area contributed by atoms with Crippen LogP contribution in [0.1, 0.15) is 35.2 Å². The lowest BCUT2D eigenvalue weighted by Crippen LogP contribution is -2.31. The maximum atomic E-state index is 11.9. The maximum Gasteiger partial charge on any atom is 0.248 e. The minimum absolute atomic E-state index is 0. The molecule has 2 rings (SSSR count). The van der Waals surface area contributed by atoms with Gasteiger partial charge in [-0.25, -0.2) is 0 Å². The second-order valence-corrected chi connectivity index (χ2v) is 5.38. The van der Waals surface area contributed by atoms with Crippen molar-refractivity contribution in [1.82, 2.24) is 5.32 Å². The molecule has 0 bridgehead atoms. The zero-order valence-electron chi connectivity index (χ0n) is 11.9. The van der Waals surface area contributed by atoms with Crippen molar-refractivity contribution in [1.29, 1.82) is 0 Å². The topological polar surface area (TPSA) is 98.2 Å². The van der Waals surface area contributed by atoms with Gasteiger partial charge >= 0.3 is 0 Å². The van der Waals surface area contributed by atoms with E-state index in [0.29, 0.717) is 18.5 Å². The summed E-state index contributed by atoms with van der Waals surface area (Å²) in [6.45, 7) is 0.562. The van der Waals surface area contributed by atoms with Crippen LogP contribution >= 0.6 is 12.4 Å². The van der Waals surface area contributed by atoms with E-state index in [2.05, 4.69) is 5.32 Å². The number of amides is 2. The molecule has 5 N–H and O–H groups in total. The highest BCUT2D eigenvalue weighted by Gasteiger charge is 2.27. The van der Waals surface area contributed by atoms with Crippen LogP contribution in [0.5, 0.6) is 0 Å². The van der Waals surface area contributed by atoms with E-state index in [1.165, 1.54) is 0 Å². The third kappa shape index (κ3) is 5.02. The molecule has 1 aliphatic carbocycles. The number of nitrogens with two attached hydrogens (primary N) is 2. The molecule has 5 nitrogen and oxygen atoms in total. The monoisotopic (exact) mass is 311 g/mol. The fourth-order valence-corrected chi connectivity index (χ4v) is 2.61. The van der Waals surface area contributed by atoms with E-state index in [1.807, 2.05) is 6.07 Å². The Hall–Kier alpha value is -1.59. The Morgan fingerprint density at radius 1 is 1.29 bits per heavy atom. The van der Waals surface area contributed by atoms with Crippen LogP contribution in [0.15, 0.2) is 24.3 Å². The van der Waals surface area contributed by atoms with Gasteiger partial charge in [0.15, 0.2) is 0 Å². The number of halogens is 1. The van der Waals surface area contributed by atoms with Crippen LogP contribution in [0.3, 0.4) is 0 Å². The molecule has 1 aromatic rings. The SMILES string of the molecule is Cl.NC(=O)c1cccc(CCNC(=O)C2CCC(N)C2)c1. The summed E-state index contributed by atoms with van der Waals surface area (Å²) in [5, 5.41) is 2.93. The first-order valence-corrected chi connectivity index (χ1v) is 6.98. The normalized spacial score (nSPS) is 20.6. The van der Waals surface area contributed by atoms with Crippen LogP contribution in [-0.4, -0.2) is 24.4 Å². The summed E-state index contributed by atoms with van der Waals surface area (Å²) in [7, 11) is 0. The first-order chi connectivity index (χ1) is 9.56. The molecule has 0 aliphatic heterocycles. The predicted molar refractivity (Wildman–Crippen MR) is 84.2 cm³/mol. The molecular weight excluding hydrogens is 290 g/mol. The van der Waals surface area contributed by atoms with Gasteiger partial charge in [0.2, 0.25) is 11.8 Å². The van der Waals surface area contributed by atoms with Crippen molar-refractivity contribution < 1.29 is 9.59 Å². The minimum Gasteiger partial charge on any atom is -0.366 e. The molecule has 1 fully saturated rings. The van der Waals surface area contributed by atoms with Crippen LogP contribution in [0.25, 0.3) is 0 Å². The Morgan fingerprint density at radius 2 is 2.05 bits per heavy atom. The van der Waals surface area contributed by atoms with Gasteiger partial charge in [0, 0.05) is 24.1 Å². The van der Waals surface area contributed by atoms with E-state index in [-0.39, 0.29) is 30.3 Å². The Bertz CT molecular complexity index is 507. The van der Waals surface area contributed by atoms with Gasteiger partial charge in [0.05, 0.1) is 0 Å². The van der Waals surface area contributed by atoms with Gasteiger partial charge in [-0.05, 0) is 43.4 Å². The van der Waals surface area contributed by atoms with Crippen LogP contribution in [0.2, 0.25) is 0 Å². The van der Waals surface area contributed by atoms with Crippen LogP contribution < -0.4 is 16.8 Å². The molecule has 0 radical (unpaired) electrons. The fourth-order valence-electron chi connectivity index (χ4n) is 2.61. The Kier molecular flexibility index (Phi) is 6.65. The molecule has 1 aliphatic rings. The summed E-state index contributed by atoms with van der Waals surface area (Å²) >= 11 is 0. The van der Waals surface area contributed by atoms with Gasteiger partial charge in [0.1, 0.15) is 0 Å². The van der Waals surface area contributed by atoms with Gasteiger partial charge in [-0.15, -0.1) is 12.4 Å². The first-order valence-electron chi connectivity index (χ1n) is 6.98. The van der Waals surface area contributed by atoms with Gasteiger partial charge in [-0.1, -0.05) is 12.1 Å². The van der Waals surface area contributed by atoms with Crippen molar-refractivity contribution in [2.75, 3.05) is 6.54 Å². The molecule has 2 atom stereocenters. The lowest BCUT2D eigenvalue weighted by atomic mass is 10.1. The summed E-state index contributed by atoms with van der Waals surface area (Å²) < 4.78 is 0. The van der Waals surface area contributed by atoms with Crippen LogP contribution in [0.4, 0.5) is 0 Å². The number of nitrogens with one attached hydrogen (secondary N) is 1. The zero-order chi connectivity index (χ0) is 14.5. The molecule has 0 heterocycles. The largest absolute Gasteiger partial charge is 0.366 e. The third-order valence-corrected chi connectivity index (χ3v) is 3.77. The molecule has 1 aromatic carbocycles. The molecule has 116 valence electrons. The second kappa shape index (κ2) is 8.00. The molecule has 21 heavy (non-hydrogen) atoms. The smallest absolute Gasteiger partial charge is 0.248 e. The molecule has 1 saturated carbocycles. The summed E-state index contributed by atoms with van der Waals surface area (Å²) in [4.78, 5) is 23.0. The number of primary amides is 1. The molecule has 6 heteroatoms. The molecule has 2 unspecified atom stereocenters. The van der Waals surface area contributed by atoms with E-state index in [4.69, 9.17) is 11.5 Å². The Balaban J connectivity index is 0.00000220. The van der Waals surface area contributed by atoms with Crippen molar-refractivity contribution in [2.45, 2.75) is 31.7 Å². The molecule has 0 saturated heterocycles. The highest BCUT2D eigenvalue weighted by Crippen LogP contribution is 2.23. The van der Waals surface area contributed by atoms with Crippen molar-refractivity contribution >= 4 is 24.2 Å². The van der Waals surface area contributed by atoms with Crippen molar-refractivity contribution in [3.63, 3.8) is 0 Å². The number of hydrogen-bond acceptors (Lipinski definition) is 3. The Labute approximate surface area is 130 Å². The summed E-state index contributed by atoms with van der Waals surface area (Å²) in [5.74, 6) is -0.290. The highest BCUT2D eigenvalue weighted by atomic mass is 35.5. The predicted octanol–water partition coefficient (Wildman–Crippen LogP) is 0.993. The van der Waals surface area contributed by atoms with E-state index in [9.17, 15) is 9.59 Å². The van der Waals surface area contributed by atoms with Crippen LogP contribution in [-0.2, 0) is 11.2 Å². The molecular formula is C15H22ClN3O2. The first kappa shape index (κ1) is 17.5. The number of rotatable bonds is 5. The highest BCUT2D eigenvalue weighted by molar-refractivity contribution is 5.92. The van der Waals surface area contributed by atoms with Gasteiger partial charge in [-0.3, -0.25) is 9.59 Å². The van der Waals surface area contributed by atoms with E-state index < -0.39 is 5.91 Å². The summed E-state index contributed by atoms with van der Waals surface area (Å²) in [5.41, 5.74) is 12.5. The summed E-state index contributed by atoms with van der Waals surface area (Å²) in [6, 6.07) is 7.33. The average molecular weight is 312 g/mol. The average Bonchev–Trinajstić information content (AvgIpc) is 2.86. The maximum absolute atomic E-state index is 11.9. The number of hydrogen-bond donors (Lipinski definition) is 3. The lowest BCUT2D eigenvalue weighted by Gasteiger charge is -2.11. The fraction of sp³-hybridized carbons (Fsp3) is 0.467. The van der Waals surface area contributed by atoms with E-state index >= 15 is 0 Å². The van der Waals surface area contributed by atoms with Gasteiger partial charge in [0.25, 0.3) is 0 Å². The third-order valence-electron chi connectivity index (χ3n) is 3.77. The van der Waals surface area contributed by atoms with E-state index in [1.54, 1.807) is 18.2 Å². The van der Waals surface area contributed by atoms with Crippen molar-refractivity contribution in [2.24, 2.45) is 17.4 Å². The standard InChI is InChI=1S/C15H21N3O2.ClH/c16-13-5-4-12(9-13)15(20)18-7-6-10-2-1-3-11(8-10)14(17)19;/h1-3,8,12-13H,4-7,9,16H2,(H2,17,19)(H,18,20);1H. The van der Waals surface area contributed by atoms with Gasteiger partial charge in [-0.2, -0.15) is 0 Å². The van der Waals surface area contributed by atoms with E-state index in [0.717, 1.165) is 24.8 Å². The lowest BCUT2D eigenvalue weighted by molar-refractivity contribution is -0.124. The number of carbonyl (C=O) groups excluding carboxylic acids is 2. The molecule has 0 aromatic heterocycles. The minimum atomic E-state index is -0.434. The van der Waals surface area contributed by atoms with Crippen molar-refractivity contribution in [3.8, 4) is 0 Å². The summed E-state index contributed by atoms with van der Waals surface area (Å²) in [6.07, 6.45) is 3.28. The second-order valence-electron chi connectivity index (χ2n) is 5.38. The molecule has 2 amide bonds. The number of benzene rings is 1.